The Morgan fingerprint density at radius 2 is 1.83 bits per heavy atom. The van der Waals surface area contributed by atoms with E-state index in [1.807, 2.05) is 41.1 Å². The molecule has 1 atom stereocenters. The van der Waals surface area contributed by atoms with E-state index in [-0.39, 0.29) is 17.9 Å². The number of carbonyl (C=O) groups is 3. The summed E-state index contributed by atoms with van der Waals surface area (Å²) >= 11 is 1.56. The topological polar surface area (TPSA) is 69.7 Å². The minimum absolute atomic E-state index is 0.00609. The van der Waals surface area contributed by atoms with Gasteiger partial charge in [0.15, 0.2) is 0 Å². The van der Waals surface area contributed by atoms with Gasteiger partial charge in [0.1, 0.15) is 12.1 Å². The van der Waals surface area contributed by atoms with E-state index in [1.165, 1.54) is 4.90 Å². The number of amides is 4. The van der Waals surface area contributed by atoms with E-state index in [9.17, 15) is 14.4 Å². The van der Waals surface area contributed by atoms with Crippen LogP contribution in [0.3, 0.4) is 0 Å². The zero-order valence-corrected chi connectivity index (χ0v) is 18.3. The van der Waals surface area contributed by atoms with Crippen molar-refractivity contribution in [2.24, 2.45) is 0 Å². The normalized spacial score (nSPS) is 19.4. The van der Waals surface area contributed by atoms with Crippen molar-refractivity contribution in [3.8, 4) is 0 Å². The summed E-state index contributed by atoms with van der Waals surface area (Å²) in [5.41, 5.74) is 1.68. The van der Waals surface area contributed by atoms with Gasteiger partial charge in [0.25, 0.3) is 5.91 Å². The van der Waals surface area contributed by atoms with Gasteiger partial charge in [-0.15, -0.1) is 0 Å². The predicted molar refractivity (Wildman–Crippen MR) is 114 cm³/mol. The number of hydrogen-bond donors (Lipinski definition) is 1. The molecule has 4 amide bonds. The molecule has 2 heterocycles. The van der Waals surface area contributed by atoms with Crippen LogP contribution in [-0.2, 0) is 27.1 Å². The fourth-order valence-corrected chi connectivity index (χ4v) is 4.00. The number of nitrogens with one attached hydrogen (secondary N) is 1. The number of thiophene rings is 1. The average molecular weight is 414 g/mol. The van der Waals surface area contributed by atoms with Gasteiger partial charge in [0.05, 0.1) is 0 Å². The minimum atomic E-state index is -1.18. The maximum absolute atomic E-state index is 13.1. The Morgan fingerprint density at radius 1 is 1.17 bits per heavy atom. The molecule has 2 aromatic rings. The van der Waals surface area contributed by atoms with E-state index < -0.39 is 17.5 Å². The lowest BCUT2D eigenvalue weighted by molar-refractivity contribution is -0.138. The monoisotopic (exact) mass is 413 g/mol. The van der Waals surface area contributed by atoms with Crippen LogP contribution in [-0.4, -0.2) is 41.2 Å². The van der Waals surface area contributed by atoms with Crippen molar-refractivity contribution in [2.75, 3.05) is 13.6 Å². The SMILES string of the molecule is CN(Cc1ccsc1)C(=O)CN1C(=O)N[C@](C)(c2ccc(C(C)(C)C)cc2)C1=O. The second-order valence-electron chi connectivity index (χ2n) is 8.66. The smallest absolute Gasteiger partial charge is 0.325 e. The second kappa shape index (κ2) is 7.63. The van der Waals surface area contributed by atoms with Crippen LogP contribution in [0.4, 0.5) is 4.79 Å². The third-order valence-electron chi connectivity index (χ3n) is 5.32. The first-order chi connectivity index (χ1) is 13.5. The highest BCUT2D eigenvalue weighted by molar-refractivity contribution is 7.07. The molecule has 1 aliphatic rings. The largest absolute Gasteiger partial charge is 0.340 e. The van der Waals surface area contributed by atoms with Gasteiger partial charge in [-0.3, -0.25) is 14.5 Å². The number of hydrogen-bond acceptors (Lipinski definition) is 4. The van der Waals surface area contributed by atoms with E-state index in [2.05, 4.69) is 26.1 Å². The van der Waals surface area contributed by atoms with Gasteiger partial charge in [0.2, 0.25) is 5.91 Å². The molecule has 0 spiro atoms. The molecule has 7 heteroatoms. The van der Waals surface area contributed by atoms with Crippen molar-refractivity contribution in [3.05, 3.63) is 57.8 Å². The van der Waals surface area contributed by atoms with Gasteiger partial charge >= 0.3 is 6.03 Å². The van der Waals surface area contributed by atoms with Crippen LogP contribution >= 0.6 is 11.3 Å². The minimum Gasteiger partial charge on any atom is -0.340 e. The van der Waals surface area contributed by atoms with E-state index in [0.717, 1.165) is 16.0 Å². The Bertz CT molecular complexity index is 916. The quantitative estimate of drug-likeness (QED) is 0.763. The van der Waals surface area contributed by atoms with Crippen molar-refractivity contribution in [1.29, 1.82) is 0 Å². The third kappa shape index (κ3) is 4.19. The number of urea groups is 1. The van der Waals surface area contributed by atoms with Gasteiger partial charge in [-0.1, -0.05) is 45.0 Å². The second-order valence-corrected chi connectivity index (χ2v) is 9.44. The van der Waals surface area contributed by atoms with Crippen LogP contribution in [0.15, 0.2) is 41.1 Å². The molecule has 1 aliphatic heterocycles. The summed E-state index contributed by atoms with van der Waals surface area (Å²) in [6.45, 7) is 8.20. The standard InChI is InChI=1S/C22H27N3O3S/c1-21(2,3)16-6-8-17(9-7-16)22(4)19(27)25(20(28)23-22)13-18(26)24(5)12-15-10-11-29-14-15/h6-11,14H,12-13H2,1-5H3,(H,23,28)/t22-/m1/s1. The predicted octanol–water partition coefficient (Wildman–Crippen LogP) is 3.47. The average Bonchev–Trinajstić information content (AvgIpc) is 3.24. The van der Waals surface area contributed by atoms with Crippen molar-refractivity contribution in [1.82, 2.24) is 15.1 Å². The fraction of sp³-hybridized carbons (Fsp3) is 0.409. The fourth-order valence-electron chi connectivity index (χ4n) is 3.34. The highest BCUT2D eigenvalue weighted by Crippen LogP contribution is 2.31. The Hall–Kier alpha value is -2.67. The Morgan fingerprint density at radius 3 is 2.38 bits per heavy atom. The summed E-state index contributed by atoms with van der Waals surface area (Å²) < 4.78 is 0. The van der Waals surface area contributed by atoms with Crippen LogP contribution in [0.1, 0.15) is 44.4 Å². The highest BCUT2D eigenvalue weighted by Gasteiger charge is 2.49. The molecule has 0 radical (unpaired) electrons. The summed E-state index contributed by atoms with van der Waals surface area (Å²) in [7, 11) is 1.67. The van der Waals surface area contributed by atoms with Crippen LogP contribution < -0.4 is 5.32 Å². The summed E-state index contributed by atoms with van der Waals surface area (Å²) in [6, 6.07) is 9.08. The van der Waals surface area contributed by atoms with Crippen LogP contribution in [0.5, 0.6) is 0 Å². The molecule has 1 aromatic heterocycles. The third-order valence-corrected chi connectivity index (χ3v) is 6.05. The van der Waals surface area contributed by atoms with Gasteiger partial charge in [0, 0.05) is 13.6 Å². The molecule has 1 N–H and O–H groups in total. The van der Waals surface area contributed by atoms with E-state index in [4.69, 9.17) is 0 Å². The van der Waals surface area contributed by atoms with Crippen molar-refractivity contribution in [2.45, 2.75) is 45.2 Å². The molecule has 1 aromatic carbocycles. The Kier molecular flexibility index (Phi) is 5.54. The van der Waals surface area contributed by atoms with Crippen LogP contribution in [0.25, 0.3) is 0 Å². The number of rotatable bonds is 5. The molecular formula is C22H27N3O3S. The first-order valence-electron chi connectivity index (χ1n) is 9.52. The first-order valence-corrected chi connectivity index (χ1v) is 10.5. The number of imide groups is 1. The molecule has 6 nitrogen and oxygen atoms in total. The van der Waals surface area contributed by atoms with Crippen LogP contribution in [0, 0.1) is 0 Å². The molecule has 0 unspecified atom stereocenters. The van der Waals surface area contributed by atoms with E-state index in [1.54, 1.807) is 25.3 Å². The molecule has 3 rings (SSSR count). The molecule has 0 saturated carbocycles. The lowest BCUT2D eigenvalue weighted by Gasteiger charge is -2.25. The molecule has 1 fully saturated rings. The van der Waals surface area contributed by atoms with Crippen LogP contribution in [0.2, 0.25) is 0 Å². The summed E-state index contributed by atoms with van der Waals surface area (Å²) in [6.07, 6.45) is 0. The van der Waals surface area contributed by atoms with Gasteiger partial charge in [-0.25, -0.2) is 4.79 Å². The summed E-state index contributed by atoms with van der Waals surface area (Å²) in [4.78, 5) is 40.7. The maximum atomic E-state index is 13.1. The molecule has 29 heavy (non-hydrogen) atoms. The number of carbonyl (C=O) groups excluding carboxylic acids is 3. The summed E-state index contributed by atoms with van der Waals surface area (Å²) in [5.74, 6) is -0.699. The lowest BCUT2D eigenvalue weighted by atomic mass is 9.84. The van der Waals surface area contributed by atoms with Crippen molar-refractivity contribution >= 4 is 29.2 Å². The maximum Gasteiger partial charge on any atom is 0.325 e. The highest BCUT2D eigenvalue weighted by atomic mass is 32.1. The van der Waals surface area contributed by atoms with E-state index >= 15 is 0 Å². The van der Waals surface area contributed by atoms with Gasteiger partial charge in [-0.05, 0) is 45.9 Å². The molecule has 0 bridgehead atoms. The summed E-state index contributed by atoms with van der Waals surface area (Å²) in [5, 5.41) is 6.68. The van der Waals surface area contributed by atoms with Gasteiger partial charge in [-0.2, -0.15) is 11.3 Å². The van der Waals surface area contributed by atoms with Crippen molar-refractivity contribution in [3.63, 3.8) is 0 Å². The zero-order valence-electron chi connectivity index (χ0n) is 17.5. The Balaban J connectivity index is 1.74. The van der Waals surface area contributed by atoms with Crippen molar-refractivity contribution < 1.29 is 14.4 Å². The molecule has 154 valence electrons. The number of benzene rings is 1. The molecular weight excluding hydrogens is 386 g/mol. The molecule has 0 aliphatic carbocycles. The van der Waals surface area contributed by atoms with Gasteiger partial charge < -0.3 is 10.2 Å². The molecule has 1 saturated heterocycles. The number of likely N-dealkylation sites (N-methyl/N-ethyl adjacent to an activating group) is 1. The zero-order chi connectivity index (χ0) is 21.4. The van der Waals surface area contributed by atoms with E-state index in [0.29, 0.717) is 12.1 Å². The lowest BCUT2D eigenvalue weighted by Crippen LogP contribution is -2.43. The Labute approximate surface area is 175 Å². The number of nitrogens with zero attached hydrogens (tertiary/aromatic N) is 2. The first kappa shape index (κ1) is 21.0.